The van der Waals surface area contributed by atoms with Crippen LogP contribution < -0.4 is 0 Å². The Hall–Kier alpha value is -1.51. The fraction of sp³-hybridized carbons (Fsp3) is 0.533. The Morgan fingerprint density at radius 3 is 2.56 bits per heavy atom. The maximum Gasteiger partial charge on any atom is 0.315 e. The van der Waals surface area contributed by atoms with E-state index in [1.165, 1.54) is 18.5 Å². The molecule has 2 rings (SSSR count). The smallest absolute Gasteiger partial charge is 0.315 e. The molecule has 0 spiro atoms. The minimum atomic E-state index is -0.442. The highest BCUT2D eigenvalue weighted by molar-refractivity contribution is 5.79. The van der Waals surface area contributed by atoms with Crippen LogP contribution in [0, 0.1) is 19.3 Å². The molecule has 1 aliphatic rings. The number of carbonyl (C=O) groups is 1. The average molecular weight is 247 g/mol. The summed E-state index contributed by atoms with van der Waals surface area (Å²) in [7, 11) is 1.47. The largest absolute Gasteiger partial charge is 0.468 e. The summed E-state index contributed by atoms with van der Waals surface area (Å²) in [6.07, 6.45) is 5.75. The third kappa shape index (κ3) is 1.88. The number of ether oxygens (including phenoxy) is 1. The number of aryl methyl sites for hydroxylation is 2. The summed E-state index contributed by atoms with van der Waals surface area (Å²) in [6.45, 7) is 6.24. The summed E-state index contributed by atoms with van der Waals surface area (Å²) in [5.74, 6) is -0.119. The van der Waals surface area contributed by atoms with E-state index in [2.05, 4.69) is 36.6 Å². The third-order valence-corrected chi connectivity index (χ3v) is 4.09. The molecule has 18 heavy (non-hydrogen) atoms. The zero-order valence-electron chi connectivity index (χ0n) is 11.6. The van der Waals surface area contributed by atoms with Crippen LogP contribution in [-0.4, -0.2) is 17.6 Å². The molecule has 3 heteroatoms. The maximum atomic E-state index is 12.0. The second-order valence-corrected chi connectivity index (χ2v) is 5.12. The van der Waals surface area contributed by atoms with Crippen LogP contribution in [-0.2, 0) is 9.53 Å². The van der Waals surface area contributed by atoms with Gasteiger partial charge in [0.1, 0.15) is 0 Å². The molecule has 0 radical (unpaired) electrons. The van der Waals surface area contributed by atoms with Crippen LogP contribution in [0.4, 0.5) is 0 Å². The van der Waals surface area contributed by atoms with Crippen LogP contribution in [0.5, 0.6) is 0 Å². The van der Waals surface area contributed by atoms with Crippen LogP contribution >= 0.6 is 0 Å². The molecule has 3 nitrogen and oxygen atoms in total. The molecule has 2 atom stereocenters. The van der Waals surface area contributed by atoms with Crippen molar-refractivity contribution in [2.75, 3.05) is 7.11 Å². The number of hydrogen-bond acceptors (Lipinski definition) is 2. The Labute approximate surface area is 108 Å². The van der Waals surface area contributed by atoms with Crippen LogP contribution in [0.25, 0.3) is 0 Å². The Balaban J connectivity index is 2.28. The number of nitrogens with zero attached hydrogens (tertiary/aromatic N) is 1. The normalized spacial score (nSPS) is 26.6. The van der Waals surface area contributed by atoms with Crippen molar-refractivity contribution in [3.63, 3.8) is 0 Å². The molecule has 0 saturated carbocycles. The van der Waals surface area contributed by atoms with E-state index in [0.717, 1.165) is 12.8 Å². The third-order valence-electron chi connectivity index (χ3n) is 4.09. The average Bonchev–Trinajstić information content (AvgIpc) is 2.93. The van der Waals surface area contributed by atoms with Gasteiger partial charge in [-0.15, -0.1) is 0 Å². The molecule has 0 saturated heterocycles. The molecule has 1 heterocycles. The summed E-state index contributed by atoms with van der Waals surface area (Å²) < 4.78 is 7.24. The van der Waals surface area contributed by atoms with Gasteiger partial charge in [0.05, 0.1) is 18.6 Å². The van der Waals surface area contributed by atoms with Gasteiger partial charge in [0.2, 0.25) is 0 Å². The minimum absolute atomic E-state index is 0.119. The first-order valence-electron chi connectivity index (χ1n) is 6.46. The molecule has 1 aromatic heterocycles. The second-order valence-electron chi connectivity index (χ2n) is 5.12. The molecule has 2 unspecified atom stereocenters. The molecule has 1 aromatic rings. The van der Waals surface area contributed by atoms with Crippen molar-refractivity contribution in [1.82, 2.24) is 4.57 Å². The molecular formula is C15H21NO2. The monoisotopic (exact) mass is 247 g/mol. The first-order valence-corrected chi connectivity index (χ1v) is 6.46. The molecule has 98 valence electrons. The Morgan fingerprint density at radius 1 is 1.44 bits per heavy atom. The second kappa shape index (κ2) is 4.63. The van der Waals surface area contributed by atoms with Crippen molar-refractivity contribution in [1.29, 1.82) is 0 Å². The van der Waals surface area contributed by atoms with Crippen LogP contribution in [0.3, 0.4) is 0 Å². The number of allylic oxidation sites excluding steroid dienone is 1. The predicted molar refractivity (Wildman–Crippen MR) is 71.4 cm³/mol. The summed E-state index contributed by atoms with van der Waals surface area (Å²) in [5, 5.41) is 0. The fourth-order valence-electron chi connectivity index (χ4n) is 2.95. The highest BCUT2D eigenvalue weighted by Gasteiger charge is 2.41. The van der Waals surface area contributed by atoms with Gasteiger partial charge in [-0.2, -0.15) is 0 Å². The van der Waals surface area contributed by atoms with Crippen LogP contribution in [0.2, 0.25) is 0 Å². The van der Waals surface area contributed by atoms with Crippen molar-refractivity contribution in [2.45, 2.75) is 39.7 Å². The fourth-order valence-corrected chi connectivity index (χ4v) is 2.95. The van der Waals surface area contributed by atoms with Crippen molar-refractivity contribution in [3.05, 3.63) is 35.7 Å². The van der Waals surface area contributed by atoms with Crippen molar-refractivity contribution in [2.24, 2.45) is 5.41 Å². The van der Waals surface area contributed by atoms with Gasteiger partial charge in [-0.3, -0.25) is 4.79 Å². The molecule has 0 bridgehead atoms. The number of esters is 1. The zero-order chi connectivity index (χ0) is 13.3. The minimum Gasteiger partial charge on any atom is -0.468 e. The molecule has 0 fully saturated rings. The number of hydrogen-bond donors (Lipinski definition) is 0. The molecule has 0 aromatic carbocycles. The van der Waals surface area contributed by atoms with Gasteiger partial charge in [-0.05, 0) is 38.8 Å². The van der Waals surface area contributed by atoms with Crippen LogP contribution in [0.1, 0.15) is 37.2 Å². The maximum absolute atomic E-state index is 12.0. The zero-order valence-corrected chi connectivity index (χ0v) is 11.6. The van der Waals surface area contributed by atoms with Gasteiger partial charge in [0, 0.05) is 11.4 Å². The molecular weight excluding hydrogens is 226 g/mol. The van der Waals surface area contributed by atoms with Gasteiger partial charge in [-0.25, -0.2) is 0 Å². The van der Waals surface area contributed by atoms with E-state index in [-0.39, 0.29) is 12.0 Å². The van der Waals surface area contributed by atoms with Gasteiger partial charge >= 0.3 is 5.97 Å². The Morgan fingerprint density at radius 2 is 2.06 bits per heavy atom. The van der Waals surface area contributed by atoms with Gasteiger partial charge in [0.25, 0.3) is 0 Å². The Kier molecular flexibility index (Phi) is 3.33. The summed E-state index contributed by atoms with van der Waals surface area (Å²) in [5.41, 5.74) is 2.03. The lowest BCUT2D eigenvalue weighted by Crippen LogP contribution is -2.29. The molecule has 0 N–H and O–H groups in total. The molecule has 0 aliphatic heterocycles. The Bertz CT molecular complexity index is 467. The quantitative estimate of drug-likeness (QED) is 0.607. The van der Waals surface area contributed by atoms with Gasteiger partial charge < -0.3 is 9.30 Å². The lowest BCUT2D eigenvalue weighted by molar-refractivity contribution is -0.150. The number of carbonyl (C=O) groups excluding carboxylic acids is 1. The topological polar surface area (TPSA) is 31.2 Å². The van der Waals surface area contributed by atoms with Gasteiger partial charge in [-0.1, -0.05) is 19.1 Å². The number of rotatable bonds is 3. The highest BCUT2D eigenvalue weighted by atomic mass is 16.5. The summed E-state index contributed by atoms with van der Waals surface area (Å²) >= 11 is 0. The standard InChI is InChI=1S/C15H21NO2/c1-5-15(14(17)18-4)9-8-13(10-15)16-11(2)6-7-12(16)3/h6-9,13H,5,10H2,1-4H3. The van der Waals surface area contributed by atoms with Crippen molar-refractivity contribution >= 4 is 5.97 Å². The van der Waals surface area contributed by atoms with E-state index in [9.17, 15) is 4.79 Å². The summed E-state index contributed by atoms with van der Waals surface area (Å²) in [4.78, 5) is 12.0. The first-order chi connectivity index (χ1) is 8.54. The van der Waals surface area contributed by atoms with E-state index < -0.39 is 5.41 Å². The van der Waals surface area contributed by atoms with Gasteiger partial charge in [0.15, 0.2) is 0 Å². The van der Waals surface area contributed by atoms with E-state index in [1.54, 1.807) is 0 Å². The number of methoxy groups -OCH3 is 1. The van der Waals surface area contributed by atoms with E-state index in [1.807, 2.05) is 13.0 Å². The number of aromatic nitrogens is 1. The highest BCUT2D eigenvalue weighted by Crippen LogP contribution is 2.42. The van der Waals surface area contributed by atoms with E-state index >= 15 is 0 Å². The van der Waals surface area contributed by atoms with Crippen molar-refractivity contribution < 1.29 is 9.53 Å². The van der Waals surface area contributed by atoms with E-state index in [4.69, 9.17) is 4.74 Å². The lowest BCUT2D eigenvalue weighted by atomic mass is 9.84. The van der Waals surface area contributed by atoms with Crippen molar-refractivity contribution in [3.8, 4) is 0 Å². The molecule has 0 amide bonds. The summed E-state index contributed by atoms with van der Waals surface area (Å²) in [6, 6.07) is 4.50. The van der Waals surface area contributed by atoms with E-state index in [0.29, 0.717) is 0 Å². The first kappa shape index (κ1) is 12.9. The van der Waals surface area contributed by atoms with Crippen LogP contribution in [0.15, 0.2) is 24.3 Å². The lowest BCUT2D eigenvalue weighted by Gasteiger charge is -2.25. The molecule has 1 aliphatic carbocycles. The predicted octanol–water partition coefficient (Wildman–Crippen LogP) is 3.18. The SMILES string of the molecule is CCC1(C(=O)OC)C=CC(n2c(C)ccc2C)C1.